The summed E-state index contributed by atoms with van der Waals surface area (Å²) in [6.45, 7) is 6.91. The number of ether oxygens (including phenoxy) is 1. The third kappa shape index (κ3) is 2.63. The molecule has 22 heavy (non-hydrogen) atoms. The molecule has 3 heteroatoms. The Hall–Kier alpha value is -2.16. The molecule has 3 nitrogen and oxygen atoms in total. The molecule has 0 spiro atoms. The average Bonchev–Trinajstić information content (AvgIpc) is 2.48. The van der Waals surface area contributed by atoms with Gasteiger partial charge in [-0.1, -0.05) is 30.3 Å². The molecule has 3 rings (SSSR count). The maximum atomic E-state index is 11.8. The molecule has 0 unspecified atom stereocenters. The first-order chi connectivity index (χ1) is 10.5. The quantitative estimate of drug-likeness (QED) is 0.643. The lowest BCUT2D eigenvalue weighted by Crippen LogP contribution is -2.45. The monoisotopic (exact) mass is 296 g/mol. The van der Waals surface area contributed by atoms with E-state index in [1.807, 2.05) is 6.92 Å². The molecule has 2 aromatic rings. The fourth-order valence-corrected chi connectivity index (χ4v) is 3.15. The van der Waals surface area contributed by atoms with E-state index in [1.165, 1.54) is 21.9 Å². The summed E-state index contributed by atoms with van der Waals surface area (Å²) in [4.78, 5) is 11.8. The number of hydrogen-bond acceptors (Lipinski definition) is 2. The molecule has 1 heterocycles. The maximum absolute atomic E-state index is 11.8. The number of fused-ring (bicyclic) bond motifs is 3. The fourth-order valence-electron chi connectivity index (χ4n) is 3.15. The molecular formula is C19H22NO2+. The van der Waals surface area contributed by atoms with E-state index in [1.54, 1.807) is 0 Å². The van der Waals surface area contributed by atoms with Gasteiger partial charge in [0.05, 0.1) is 6.61 Å². The number of benzene rings is 2. The van der Waals surface area contributed by atoms with Gasteiger partial charge in [0.2, 0.25) is 6.54 Å². The van der Waals surface area contributed by atoms with Gasteiger partial charge in [0, 0.05) is 25.8 Å². The fraction of sp³-hybridized carbons (Fsp3) is 0.368. The number of carbonyl (C=O) groups is 1. The number of hydrogen-bond donors (Lipinski definition) is 0. The van der Waals surface area contributed by atoms with Crippen LogP contribution in [0.15, 0.2) is 36.4 Å². The van der Waals surface area contributed by atoms with Crippen LogP contribution in [0.1, 0.15) is 31.9 Å². The lowest BCUT2D eigenvalue weighted by atomic mass is 9.85. The molecule has 114 valence electrons. The van der Waals surface area contributed by atoms with Gasteiger partial charge in [-0.25, -0.2) is 9.37 Å². The lowest BCUT2D eigenvalue weighted by molar-refractivity contribution is -0.589. The Morgan fingerprint density at radius 3 is 2.77 bits per heavy atom. The van der Waals surface area contributed by atoms with Crippen molar-refractivity contribution in [3.05, 3.63) is 47.5 Å². The summed E-state index contributed by atoms with van der Waals surface area (Å²) >= 11 is 0. The van der Waals surface area contributed by atoms with Crippen molar-refractivity contribution in [3.63, 3.8) is 0 Å². The molecule has 0 amide bonds. The zero-order valence-electron chi connectivity index (χ0n) is 13.4. The minimum Gasteiger partial charge on any atom is -0.461 e. The summed E-state index contributed by atoms with van der Waals surface area (Å²) < 4.78 is 7.19. The molecule has 1 aliphatic heterocycles. The van der Waals surface area contributed by atoms with E-state index in [9.17, 15) is 4.79 Å². The highest BCUT2D eigenvalue weighted by Gasteiger charge is 2.37. The molecule has 0 radical (unpaired) electrons. The van der Waals surface area contributed by atoms with Crippen LogP contribution in [0, 0.1) is 0 Å². The second-order valence-electron chi connectivity index (χ2n) is 6.41. The highest BCUT2D eigenvalue weighted by molar-refractivity contribution is 5.94. The summed E-state index contributed by atoms with van der Waals surface area (Å²) in [7, 11) is 0. The molecule has 0 aliphatic carbocycles. The van der Waals surface area contributed by atoms with Gasteiger partial charge in [-0.2, -0.15) is 0 Å². The van der Waals surface area contributed by atoms with Crippen molar-refractivity contribution in [1.29, 1.82) is 0 Å². The van der Waals surface area contributed by atoms with E-state index < -0.39 is 0 Å². The van der Waals surface area contributed by atoms with Gasteiger partial charge in [0.1, 0.15) is 0 Å². The minimum absolute atomic E-state index is 0.107. The van der Waals surface area contributed by atoms with Crippen LogP contribution in [0.2, 0.25) is 0 Å². The Bertz CT molecular complexity index is 759. The molecule has 0 saturated carbocycles. The van der Waals surface area contributed by atoms with Crippen LogP contribution >= 0.6 is 0 Å². The third-order valence-corrected chi connectivity index (χ3v) is 4.36. The van der Waals surface area contributed by atoms with E-state index in [0.717, 1.165) is 6.42 Å². The first kappa shape index (κ1) is 14.8. The standard InChI is InChI=1S/C19H22NO2/c1-4-22-18(21)13-20-12-15-10-9-14-7-5-6-8-16(14)17(15)11-19(20,2)3/h5-10,12H,4,11,13H2,1-3H3/q+1. The van der Waals surface area contributed by atoms with Crippen molar-refractivity contribution in [2.24, 2.45) is 0 Å². The van der Waals surface area contributed by atoms with E-state index in [4.69, 9.17) is 4.74 Å². The van der Waals surface area contributed by atoms with Crippen LogP contribution in [-0.2, 0) is 16.0 Å². The van der Waals surface area contributed by atoms with E-state index >= 15 is 0 Å². The van der Waals surface area contributed by atoms with Gasteiger partial charge in [-0.3, -0.25) is 0 Å². The first-order valence-corrected chi connectivity index (χ1v) is 7.79. The summed E-state index contributed by atoms with van der Waals surface area (Å²) in [6.07, 6.45) is 3.02. The zero-order valence-corrected chi connectivity index (χ0v) is 13.4. The van der Waals surface area contributed by atoms with Gasteiger partial charge in [0.25, 0.3) is 0 Å². The van der Waals surface area contributed by atoms with Crippen molar-refractivity contribution in [2.75, 3.05) is 13.2 Å². The van der Waals surface area contributed by atoms with Crippen molar-refractivity contribution in [3.8, 4) is 0 Å². The number of rotatable bonds is 3. The summed E-state index contributed by atoms with van der Waals surface area (Å²) in [5.74, 6) is -0.170. The molecule has 0 fully saturated rings. The van der Waals surface area contributed by atoms with Gasteiger partial charge < -0.3 is 4.74 Å². The highest BCUT2D eigenvalue weighted by atomic mass is 16.5. The van der Waals surface area contributed by atoms with E-state index in [2.05, 4.69) is 61.0 Å². The SMILES string of the molecule is CCOC(=O)C[N+]1=Cc2ccc3ccccc3c2CC1(C)C. The Balaban J connectivity index is 2.05. The number of nitrogens with zero attached hydrogens (tertiary/aromatic N) is 1. The molecule has 0 N–H and O–H groups in total. The van der Waals surface area contributed by atoms with Crippen molar-refractivity contribution < 1.29 is 14.1 Å². The Labute approximate surface area is 131 Å². The smallest absolute Gasteiger partial charge is 0.372 e. The van der Waals surface area contributed by atoms with Crippen LogP contribution in [0.25, 0.3) is 10.8 Å². The predicted molar refractivity (Wildman–Crippen MR) is 88.7 cm³/mol. The minimum atomic E-state index is -0.170. The van der Waals surface area contributed by atoms with Crippen LogP contribution in [0.5, 0.6) is 0 Å². The zero-order chi connectivity index (χ0) is 15.7. The van der Waals surface area contributed by atoms with Crippen molar-refractivity contribution in [1.82, 2.24) is 0 Å². The van der Waals surface area contributed by atoms with Gasteiger partial charge in [-0.15, -0.1) is 0 Å². The Morgan fingerprint density at radius 2 is 2.00 bits per heavy atom. The molecule has 0 bridgehead atoms. The molecule has 1 aliphatic rings. The highest BCUT2D eigenvalue weighted by Crippen LogP contribution is 2.30. The largest absolute Gasteiger partial charge is 0.461 e. The van der Waals surface area contributed by atoms with Gasteiger partial charge in [0.15, 0.2) is 11.8 Å². The van der Waals surface area contributed by atoms with Gasteiger partial charge >= 0.3 is 5.97 Å². The van der Waals surface area contributed by atoms with Crippen LogP contribution in [0.4, 0.5) is 0 Å². The molecular weight excluding hydrogens is 274 g/mol. The Kier molecular flexibility index (Phi) is 3.73. The molecule has 0 aromatic heterocycles. The van der Waals surface area contributed by atoms with E-state index in [-0.39, 0.29) is 11.5 Å². The van der Waals surface area contributed by atoms with Crippen LogP contribution in [-0.4, -0.2) is 35.4 Å². The van der Waals surface area contributed by atoms with E-state index in [0.29, 0.717) is 13.2 Å². The predicted octanol–water partition coefficient (Wildman–Crippen LogP) is 3.17. The number of carbonyl (C=O) groups excluding carboxylic acids is 1. The second kappa shape index (κ2) is 5.56. The average molecular weight is 296 g/mol. The molecule has 0 saturated heterocycles. The Morgan fingerprint density at radius 1 is 1.23 bits per heavy atom. The normalized spacial score (nSPS) is 16.0. The van der Waals surface area contributed by atoms with Crippen LogP contribution < -0.4 is 0 Å². The van der Waals surface area contributed by atoms with Crippen molar-refractivity contribution in [2.45, 2.75) is 32.7 Å². The number of esters is 1. The van der Waals surface area contributed by atoms with Crippen LogP contribution in [0.3, 0.4) is 0 Å². The summed E-state index contributed by atoms with van der Waals surface area (Å²) in [5.41, 5.74) is 2.45. The summed E-state index contributed by atoms with van der Waals surface area (Å²) in [6, 6.07) is 12.8. The summed E-state index contributed by atoms with van der Waals surface area (Å²) in [5, 5.41) is 2.57. The molecule has 2 aromatic carbocycles. The second-order valence-corrected chi connectivity index (χ2v) is 6.41. The molecule has 0 atom stereocenters. The topological polar surface area (TPSA) is 29.3 Å². The third-order valence-electron chi connectivity index (χ3n) is 4.36. The first-order valence-electron chi connectivity index (χ1n) is 7.79. The van der Waals surface area contributed by atoms with Gasteiger partial charge in [-0.05, 0) is 29.3 Å². The lowest BCUT2D eigenvalue weighted by Gasteiger charge is -2.28. The van der Waals surface area contributed by atoms with Crippen molar-refractivity contribution >= 4 is 23.0 Å². The maximum Gasteiger partial charge on any atom is 0.372 e.